The molecule has 0 aromatic heterocycles. The maximum Gasteiger partial charge on any atom is 0.471 e. The third kappa shape index (κ3) is 4.09. The van der Waals surface area contributed by atoms with Gasteiger partial charge in [0.15, 0.2) is 0 Å². The molecule has 2 saturated carbocycles. The predicted molar refractivity (Wildman–Crippen MR) is 88.4 cm³/mol. The number of nitrogens with zero attached hydrogens (tertiary/aromatic N) is 2. The Bertz CT molecular complexity index is 565. The Labute approximate surface area is 151 Å². The van der Waals surface area contributed by atoms with Gasteiger partial charge in [0.1, 0.15) is 5.60 Å². The van der Waals surface area contributed by atoms with E-state index in [2.05, 4.69) is 0 Å². The molecule has 0 bridgehead atoms. The summed E-state index contributed by atoms with van der Waals surface area (Å²) >= 11 is 0. The maximum absolute atomic E-state index is 12.9. The summed E-state index contributed by atoms with van der Waals surface area (Å²) in [7, 11) is 0. The van der Waals surface area contributed by atoms with Gasteiger partial charge in [-0.25, -0.2) is 4.79 Å². The molecule has 0 unspecified atom stereocenters. The van der Waals surface area contributed by atoms with Gasteiger partial charge in [-0.1, -0.05) is 0 Å². The Morgan fingerprint density at radius 1 is 1.04 bits per heavy atom. The van der Waals surface area contributed by atoms with Crippen LogP contribution in [0.3, 0.4) is 0 Å². The van der Waals surface area contributed by atoms with Gasteiger partial charge < -0.3 is 14.5 Å². The summed E-state index contributed by atoms with van der Waals surface area (Å²) in [5.41, 5.74) is -0.585. The zero-order valence-electron chi connectivity index (χ0n) is 15.6. The lowest BCUT2D eigenvalue weighted by Gasteiger charge is -2.55. The molecule has 0 atom stereocenters. The number of carbonyl (C=O) groups is 2. The molecule has 3 rings (SSSR count). The number of alkyl halides is 3. The maximum atomic E-state index is 12.9. The van der Waals surface area contributed by atoms with Gasteiger partial charge in [-0.15, -0.1) is 0 Å². The molecule has 1 saturated heterocycles. The third-order valence-corrected chi connectivity index (χ3v) is 5.62. The number of rotatable bonds is 2. The van der Waals surface area contributed by atoms with Crippen molar-refractivity contribution in [3.63, 3.8) is 0 Å². The molecule has 8 heteroatoms. The first kappa shape index (κ1) is 19.3. The van der Waals surface area contributed by atoms with Crippen LogP contribution in [0.15, 0.2) is 0 Å². The van der Waals surface area contributed by atoms with Crippen LogP contribution in [0, 0.1) is 5.41 Å². The highest BCUT2D eigenvalue weighted by molar-refractivity contribution is 5.83. The fourth-order valence-corrected chi connectivity index (χ4v) is 4.16. The quantitative estimate of drug-likeness (QED) is 0.738. The lowest BCUT2D eigenvalue weighted by Crippen LogP contribution is -2.59. The van der Waals surface area contributed by atoms with Crippen molar-refractivity contribution in [1.29, 1.82) is 0 Å². The smallest absolute Gasteiger partial charge is 0.444 e. The van der Waals surface area contributed by atoms with Crippen molar-refractivity contribution in [2.45, 2.75) is 83.2 Å². The van der Waals surface area contributed by atoms with Crippen molar-refractivity contribution in [3.8, 4) is 0 Å². The van der Waals surface area contributed by atoms with E-state index >= 15 is 0 Å². The summed E-state index contributed by atoms with van der Waals surface area (Å²) in [5.74, 6) is -1.69. The van der Waals surface area contributed by atoms with Crippen LogP contribution in [0.1, 0.15) is 59.3 Å². The number of piperidine rings is 1. The van der Waals surface area contributed by atoms with Gasteiger partial charge in [0.05, 0.1) is 0 Å². The number of hydrogen-bond acceptors (Lipinski definition) is 3. The van der Waals surface area contributed by atoms with Gasteiger partial charge in [0, 0.05) is 25.2 Å². The van der Waals surface area contributed by atoms with E-state index in [-0.39, 0.29) is 23.6 Å². The molecule has 1 spiro atoms. The van der Waals surface area contributed by atoms with Crippen LogP contribution in [0.5, 0.6) is 0 Å². The summed E-state index contributed by atoms with van der Waals surface area (Å²) in [6, 6.07) is -0.557. The van der Waals surface area contributed by atoms with E-state index in [1.54, 1.807) is 4.90 Å². The number of ether oxygens (including phenoxy) is 1. The number of carbonyl (C=O) groups excluding carboxylic acids is 2. The van der Waals surface area contributed by atoms with E-state index in [1.165, 1.54) is 0 Å². The molecule has 1 heterocycles. The van der Waals surface area contributed by atoms with E-state index in [4.69, 9.17) is 4.74 Å². The molecule has 5 nitrogen and oxygen atoms in total. The van der Waals surface area contributed by atoms with Crippen molar-refractivity contribution in [2.24, 2.45) is 5.41 Å². The molecule has 0 radical (unpaired) electrons. The average molecular weight is 376 g/mol. The minimum absolute atomic E-state index is 0.0395. The van der Waals surface area contributed by atoms with Gasteiger partial charge in [-0.05, 0) is 64.7 Å². The van der Waals surface area contributed by atoms with Gasteiger partial charge in [-0.3, -0.25) is 4.79 Å². The summed E-state index contributed by atoms with van der Waals surface area (Å²) < 4.78 is 44.0. The van der Waals surface area contributed by atoms with E-state index < -0.39 is 17.7 Å². The number of likely N-dealkylation sites (tertiary alicyclic amines) is 1. The fourth-order valence-electron chi connectivity index (χ4n) is 4.16. The zero-order valence-corrected chi connectivity index (χ0v) is 15.6. The van der Waals surface area contributed by atoms with Crippen molar-refractivity contribution < 1.29 is 27.5 Å². The molecule has 2 amide bonds. The molecule has 2 aliphatic carbocycles. The van der Waals surface area contributed by atoms with Crippen LogP contribution in [0.4, 0.5) is 18.0 Å². The first-order valence-corrected chi connectivity index (χ1v) is 9.28. The molecular formula is C18H27F3N2O3. The highest BCUT2D eigenvalue weighted by Crippen LogP contribution is 2.53. The number of halogens is 3. The third-order valence-electron chi connectivity index (χ3n) is 5.62. The minimum Gasteiger partial charge on any atom is -0.444 e. The summed E-state index contributed by atoms with van der Waals surface area (Å²) in [4.78, 5) is 26.6. The normalized spacial score (nSPS) is 23.5. The molecule has 3 fully saturated rings. The largest absolute Gasteiger partial charge is 0.471 e. The minimum atomic E-state index is -4.80. The molecular weight excluding hydrogens is 349 g/mol. The van der Waals surface area contributed by atoms with Crippen molar-refractivity contribution in [3.05, 3.63) is 0 Å². The SMILES string of the molecule is CC(C)(C)OC(=O)N1CCC2(CC1)CC(N(C(=O)C(F)(F)F)C1CC1)C2. The predicted octanol–water partition coefficient (Wildman–Crippen LogP) is 3.72. The number of amides is 2. The van der Waals surface area contributed by atoms with E-state index in [0.29, 0.717) is 38.8 Å². The van der Waals surface area contributed by atoms with Gasteiger partial charge in [0.2, 0.25) is 0 Å². The fraction of sp³-hybridized carbons (Fsp3) is 0.889. The Hall–Kier alpha value is -1.47. The van der Waals surface area contributed by atoms with Crippen molar-refractivity contribution in [1.82, 2.24) is 9.80 Å². The summed E-state index contributed by atoms with van der Waals surface area (Å²) in [5, 5.41) is 0. The van der Waals surface area contributed by atoms with Gasteiger partial charge in [0.25, 0.3) is 0 Å². The second kappa shape index (κ2) is 6.30. The Kier molecular flexibility index (Phi) is 4.68. The van der Waals surface area contributed by atoms with Crippen LogP contribution in [0.25, 0.3) is 0 Å². The Balaban J connectivity index is 1.53. The molecule has 1 aliphatic heterocycles. The van der Waals surface area contributed by atoms with Crippen LogP contribution in [-0.4, -0.2) is 58.8 Å². The first-order valence-electron chi connectivity index (χ1n) is 9.28. The summed E-state index contributed by atoms with van der Waals surface area (Å²) in [6.07, 6.45) is -1.10. The zero-order chi connectivity index (χ0) is 19.3. The molecule has 0 N–H and O–H groups in total. The van der Waals surface area contributed by atoms with Crippen LogP contribution in [0.2, 0.25) is 0 Å². The van der Waals surface area contributed by atoms with E-state index in [0.717, 1.165) is 17.7 Å². The number of hydrogen-bond donors (Lipinski definition) is 0. The average Bonchev–Trinajstić information content (AvgIpc) is 3.28. The first-order chi connectivity index (χ1) is 11.9. The van der Waals surface area contributed by atoms with Gasteiger partial charge >= 0.3 is 18.2 Å². The topological polar surface area (TPSA) is 49.9 Å². The molecule has 148 valence electrons. The van der Waals surface area contributed by atoms with Crippen LogP contribution < -0.4 is 0 Å². The monoisotopic (exact) mass is 376 g/mol. The Morgan fingerprint density at radius 3 is 2.00 bits per heavy atom. The lowest BCUT2D eigenvalue weighted by atomic mass is 9.60. The lowest BCUT2D eigenvalue weighted by molar-refractivity contribution is -0.194. The summed E-state index contributed by atoms with van der Waals surface area (Å²) in [6.45, 7) is 6.56. The second-order valence-corrected chi connectivity index (χ2v) is 8.97. The molecule has 0 aromatic rings. The van der Waals surface area contributed by atoms with Crippen LogP contribution >= 0.6 is 0 Å². The standard InChI is InChI=1S/C18H27F3N2O3/c1-16(2,3)26-15(25)22-8-6-17(7-9-22)10-13(11-17)23(12-4-5-12)14(24)18(19,20)21/h12-13H,4-11H2,1-3H3. The molecule has 26 heavy (non-hydrogen) atoms. The van der Waals surface area contributed by atoms with E-state index in [9.17, 15) is 22.8 Å². The van der Waals surface area contributed by atoms with Crippen molar-refractivity contribution in [2.75, 3.05) is 13.1 Å². The van der Waals surface area contributed by atoms with E-state index in [1.807, 2.05) is 20.8 Å². The second-order valence-electron chi connectivity index (χ2n) is 8.97. The van der Waals surface area contributed by atoms with Gasteiger partial charge in [-0.2, -0.15) is 13.2 Å². The van der Waals surface area contributed by atoms with Crippen LogP contribution in [-0.2, 0) is 9.53 Å². The van der Waals surface area contributed by atoms with Crippen molar-refractivity contribution >= 4 is 12.0 Å². The molecule has 0 aromatic carbocycles. The highest BCUT2D eigenvalue weighted by Gasteiger charge is 2.56. The molecule has 3 aliphatic rings. The Morgan fingerprint density at radius 2 is 1.58 bits per heavy atom. The highest BCUT2D eigenvalue weighted by atomic mass is 19.4.